The molecule has 4 nitrogen and oxygen atoms in total. The molecular weight excluding hydrogens is 252 g/mol. The average Bonchev–Trinajstić information content (AvgIpc) is 2.40. The van der Waals surface area contributed by atoms with Gasteiger partial charge in [-0.25, -0.2) is 9.97 Å². The standard InChI is InChI=1S/C13H11ClN2O2/c14-13-15-7-11(8-16-13)6-12(17)18-9-10-4-2-1-3-5-10/h1-5,7-8H,6,9H2. The van der Waals surface area contributed by atoms with Crippen molar-refractivity contribution in [2.45, 2.75) is 13.0 Å². The summed E-state index contributed by atoms with van der Waals surface area (Å²) in [6.07, 6.45) is 3.17. The van der Waals surface area contributed by atoms with Crippen LogP contribution in [0.25, 0.3) is 0 Å². The second kappa shape index (κ2) is 6.12. The lowest BCUT2D eigenvalue weighted by Crippen LogP contribution is -2.08. The monoisotopic (exact) mass is 262 g/mol. The van der Waals surface area contributed by atoms with E-state index in [1.807, 2.05) is 30.3 Å². The minimum Gasteiger partial charge on any atom is -0.461 e. The minimum atomic E-state index is -0.315. The average molecular weight is 263 g/mol. The van der Waals surface area contributed by atoms with Gasteiger partial charge in [-0.05, 0) is 22.7 Å². The number of halogens is 1. The van der Waals surface area contributed by atoms with E-state index in [-0.39, 0.29) is 24.3 Å². The third-order valence-corrected chi connectivity index (χ3v) is 2.46. The molecular formula is C13H11ClN2O2. The van der Waals surface area contributed by atoms with Crippen LogP contribution in [0.1, 0.15) is 11.1 Å². The molecule has 0 N–H and O–H groups in total. The van der Waals surface area contributed by atoms with Crippen LogP contribution in [0.4, 0.5) is 0 Å². The minimum absolute atomic E-state index is 0.143. The van der Waals surface area contributed by atoms with Crippen LogP contribution < -0.4 is 0 Å². The lowest BCUT2D eigenvalue weighted by Gasteiger charge is -2.04. The molecule has 0 amide bonds. The molecule has 1 aromatic carbocycles. The quantitative estimate of drug-likeness (QED) is 0.627. The smallest absolute Gasteiger partial charge is 0.310 e. The Morgan fingerprint density at radius 3 is 2.44 bits per heavy atom. The van der Waals surface area contributed by atoms with Crippen LogP contribution in [0, 0.1) is 0 Å². The number of carbonyl (C=O) groups excluding carboxylic acids is 1. The first-order valence-corrected chi connectivity index (χ1v) is 5.78. The van der Waals surface area contributed by atoms with E-state index in [0.717, 1.165) is 5.56 Å². The van der Waals surface area contributed by atoms with Gasteiger partial charge in [0.2, 0.25) is 5.28 Å². The fourth-order valence-corrected chi connectivity index (χ4v) is 1.48. The number of hydrogen-bond acceptors (Lipinski definition) is 4. The molecule has 0 unspecified atom stereocenters. The van der Waals surface area contributed by atoms with Gasteiger partial charge in [0, 0.05) is 12.4 Å². The van der Waals surface area contributed by atoms with Crippen LogP contribution in [0.2, 0.25) is 5.28 Å². The Balaban J connectivity index is 1.84. The Bertz CT molecular complexity index is 514. The van der Waals surface area contributed by atoms with Crippen molar-refractivity contribution in [3.63, 3.8) is 0 Å². The normalized spacial score (nSPS) is 10.1. The maximum atomic E-state index is 11.6. The highest BCUT2D eigenvalue weighted by atomic mass is 35.5. The van der Waals surface area contributed by atoms with E-state index in [1.165, 1.54) is 12.4 Å². The predicted molar refractivity (Wildman–Crippen MR) is 67.0 cm³/mol. The summed E-state index contributed by atoms with van der Waals surface area (Å²) in [5.74, 6) is -0.315. The molecule has 0 aliphatic carbocycles. The summed E-state index contributed by atoms with van der Waals surface area (Å²) in [5, 5.41) is 0.163. The zero-order valence-corrected chi connectivity index (χ0v) is 10.3. The van der Waals surface area contributed by atoms with Gasteiger partial charge in [0.1, 0.15) is 6.61 Å². The summed E-state index contributed by atoms with van der Waals surface area (Å²) in [7, 11) is 0. The Labute approximate surface area is 110 Å². The molecule has 0 aliphatic rings. The summed E-state index contributed by atoms with van der Waals surface area (Å²) in [6, 6.07) is 9.51. The van der Waals surface area contributed by atoms with E-state index < -0.39 is 0 Å². The number of carbonyl (C=O) groups is 1. The van der Waals surface area contributed by atoms with Crippen LogP contribution in [0.3, 0.4) is 0 Å². The first-order chi connectivity index (χ1) is 8.74. The number of nitrogens with zero attached hydrogens (tertiary/aromatic N) is 2. The topological polar surface area (TPSA) is 52.1 Å². The first-order valence-electron chi connectivity index (χ1n) is 5.40. The molecule has 0 fully saturated rings. The number of ether oxygens (including phenoxy) is 1. The van der Waals surface area contributed by atoms with Gasteiger partial charge in [0.15, 0.2) is 0 Å². The molecule has 0 bridgehead atoms. The fraction of sp³-hybridized carbons (Fsp3) is 0.154. The van der Waals surface area contributed by atoms with Gasteiger partial charge in [-0.2, -0.15) is 0 Å². The lowest BCUT2D eigenvalue weighted by atomic mass is 10.2. The molecule has 5 heteroatoms. The van der Waals surface area contributed by atoms with Crippen LogP contribution in [0.5, 0.6) is 0 Å². The van der Waals surface area contributed by atoms with Crippen molar-refractivity contribution in [3.8, 4) is 0 Å². The van der Waals surface area contributed by atoms with Gasteiger partial charge >= 0.3 is 5.97 Å². The Morgan fingerprint density at radius 1 is 1.11 bits per heavy atom. The van der Waals surface area contributed by atoms with Crippen molar-refractivity contribution < 1.29 is 9.53 Å². The van der Waals surface area contributed by atoms with Crippen molar-refractivity contribution in [1.29, 1.82) is 0 Å². The highest BCUT2D eigenvalue weighted by Crippen LogP contribution is 2.05. The molecule has 0 atom stereocenters. The van der Waals surface area contributed by atoms with Crippen molar-refractivity contribution in [2.75, 3.05) is 0 Å². The summed E-state index contributed by atoms with van der Waals surface area (Å²) < 4.78 is 5.13. The van der Waals surface area contributed by atoms with Crippen LogP contribution in [-0.2, 0) is 22.6 Å². The molecule has 2 rings (SSSR count). The molecule has 92 valence electrons. The summed E-state index contributed by atoms with van der Waals surface area (Å²) in [5.41, 5.74) is 1.63. The third kappa shape index (κ3) is 3.82. The zero-order chi connectivity index (χ0) is 12.8. The van der Waals surface area contributed by atoms with Gasteiger partial charge in [-0.1, -0.05) is 30.3 Å². The first kappa shape index (κ1) is 12.5. The van der Waals surface area contributed by atoms with Gasteiger partial charge in [-0.15, -0.1) is 0 Å². The van der Waals surface area contributed by atoms with Gasteiger partial charge < -0.3 is 4.74 Å². The molecule has 0 radical (unpaired) electrons. The van der Waals surface area contributed by atoms with Crippen molar-refractivity contribution >= 4 is 17.6 Å². The largest absolute Gasteiger partial charge is 0.461 e. The molecule has 18 heavy (non-hydrogen) atoms. The predicted octanol–water partition coefficient (Wildman–Crippen LogP) is 2.42. The lowest BCUT2D eigenvalue weighted by molar-refractivity contribution is -0.144. The number of esters is 1. The molecule has 0 spiro atoms. The highest BCUT2D eigenvalue weighted by molar-refractivity contribution is 6.28. The maximum absolute atomic E-state index is 11.6. The van der Waals surface area contributed by atoms with E-state index in [2.05, 4.69) is 9.97 Å². The van der Waals surface area contributed by atoms with Gasteiger partial charge in [0.25, 0.3) is 0 Å². The van der Waals surface area contributed by atoms with Gasteiger partial charge in [0.05, 0.1) is 6.42 Å². The van der Waals surface area contributed by atoms with E-state index in [0.29, 0.717) is 5.56 Å². The van der Waals surface area contributed by atoms with E-state index in [4.69, 9.17) is 16.3 Å². The molecule has 2 aromatic rings. The molecule has 1 aromatic heterocycles. The maximum Gasteiger partial charge on any atom is 0.310 e. The van der Waals surface area contributed by atoms with E-state index >= 15 is 0 Å². The second-order valence-corrected chi connectivity index (χ2v) is 4.02. The Morgan fingerprint density at radius 2 is 1.78 bits per heavy atom. The second-order valence-electron chi connectivity index (χ2n) is 3.68. The Kier molecular flexibility index (Phi) is 4.25. The molecule has 0 aliphatic heterocycles. The summed E-state index contributed by atoms with van der Waals surface area (Å²) >= 11 is 5.55. The third-order valence-electron chi connectivity index (χ3n) is 2.26. The fourth-order valence-electron chi connectivity index (χ4n) is 1.39. The van der Waals surface area contributed by atoms with Crippen molar-refractivity contribution in [1.82, 2.24) is 9.97 Å². The highest BCUT2D eigenvalue weighted by Gasteiger charge is 2.06. The van der Waals surface area contributed by atoms with Crippen LogP contribution in [0.15, 0.2) is 42.7 Å². The van der Waals surface area contributed by atoms with E-state index in [9.17, 15) is 4.79 Å². The molecule has 0 saturated heterocycles. The number of benzene rings is 1. The van der Waals surface area contributed by atoms with Crippen molar-refractivity contribution in [2.24, 2.45) is 0 Å². The van der Waals surface area contributed by atoms with E-state index in [1.54, 1.807) is 0 Å². The number of rotatable bonds is 4. The Hall–Kier alpha value is -1.94. The van der Waals surface area contributed by atoms with Crippen molar-refractivity contribution in [3.05, 3.63) is 59.1 Å². The van der Waals surface area contributed by atoms with Crippen LogP contribution >= 0.6 is 11.6 Å². The number of aromatic nitrogens is 2. The zero-order valence-electron chi connectivity index (χ0n) is 9.54. The van der Waals surface area contributed by atoms with Crippen LogP contribution in [-0.4, -0.2) is 15.9 Å². The summed E-state index contributed by atoms with van der Waals surface area (Å²) in [4.78, 5) is 19.2. The molecule has 1 heterocycles. The molecule has 0 saturated carbocycles. The summed E-state index contributed by atoms with van der Waals surface area (Å²) in [6.45, 7) is 0.272. The van der Waals surface area contributed by atoms with Gasteiger partial charge in [-0.3, -0.25) is 4.79 Å². The SMILES string of the molecule is O=C(Cc1cnc(Cl)nc1)OCc1ccccc1. The number of hydrogen-bond donors (Lipinski definition) is 0.